The van der Waals surface area contributed by atoms with E-state index in [-0.39, 0.29) is 23.4 Å². The normalized spacial score (nSPS) is 11.4. The Bertz CT molecular complexity index is 483. The highest BCUT2D eigenvalue weighted by molar-refractivity contribution is 5.93. The van der Waals surface area contributed by atoms with E-state index in [0.29, 0.717) is 0 Å². The molecule has 6 N–H and O–H groups in total. The predicted molar refractivity (Wildman–Crippen MR) is 64.9 cm³/mol. The summed E-state index contributed by atoms with van der Waals surface area (Å²) in [6.07, 6.45) is 0. The minimum absolute atomic E-state index is 0.107. The van der Waals surface area contributed by atoms with Crippen LogP contribution in [0.3, 0.4) is 0 Å². The smallest absolute Gasteiger partial charge is 0.387 e. The number of ether oxygens (including phenoxy) is 1. The largest absolute Gasteiger partial charge is 0.433 e. The summed E-state index contributed by atoms with van der Waals surface area (Å²) < 4.78 is 28.7. The van der Waals surface area contributed by atoms with Gasteiger partial charge in [-0.05, 0) is 24.6 Å². The Hall–Kier alpha value is -2.38. The summed E-state index contributed by atoms with van der Waals surface area (Å²) in [6.45, 7) is -1.19. The Kier molecular flexibility index (Phi) is 4.41. The van der Waals surface area contributed by atoms with Crippen LogP contribution in [-0.2, 0) is 0 Å². The van der Waals surface area contributed by atoms with Crippen molar-refractivity contribution in [1.82, 2.24) is 0 Å². The van der Waals surface area contributed by atoms with E-state index >= 15 is 0 Å². The summed E-state index contributed by atoms with van der Waals surface area (Å²) in [5.74, 6) is -0.635. The van der Waals surface area contributed by atoms with Crippen molar-refractivity contribution >= 4 is 17.6 Å². The van der Waals surface area contributed by atoms with E-state index in [0.717, 1.165) is 5.56 Å². The van der Waals surface area contributed by atoms with E-state index in [1.807, 2.05) is 0 Å². The van der Waals surface area contributed by atoms with Crippen molar-refractivity contribution in [2.75, 3.05) is 0 Å². The van der Waals surface area contributed by atoms with Crippen molar-refractivity contribution in [3.8, 4) is 5.75 Å². The summed E-state index contributed by atoms with van der Waals surface area (Å²) in [5.41, 5.74) is 16.6. The molecule has 1 aromatic carbocycles. The molecular formula is C10H13F2N5O. The van der Waals surface area contributed by atoms with Gasteiger partial charge in [-0.15, -0.1) is 0 Å². The number of nitrogens with two attached hydrogens (primary N) is 3. The number of alkyl halides is 2. The lowest BCUT2D eigenvalue weighted by Gasteiger charge is -2.08. The van der Waals surface area contributed by atoms with Crippen LogP contribution in [0.15, 0.2) is 28.2 Å². The molecule has 0 radical (unpaired) electrons. The zero-order valence-electron chi connectivity index (χ0n) is 9.60. The first-order valence-corrected chi connectivity index (χ1v) is 4.87. The topological polar surface area (TPSA) is 112 Å². The van der Waals surface area contributed by atoms with Crippen molar-refractivity contribution in [3.05, 3.63) is 23.8 Å². The molecule has 0 heterocycles. The van der Waals surface area contributed by atoms with E-state index in [4.69, 9.17) is 17.2 Å². The lowest BCUT2D eigenvalue weighted by Crippen LogP contribution is -2.26. The molecule has 1 rings (SSSR count). The maximum absolute atomic E-state index is 12.2. The predicted octanol–water partition coefficient (Wildman–Crippen LogP) is 0.816. The molecule has 0 amide bonds. The molecular weight excluding hydrogens is 244 g/mol. The Labute approximate surface area is 102 Å². The second-order valence-electron chi connectivity index (χ2n) is 3.36. The number of benzene rings is 1. The molecule has 1 aromatic rings. The standard InChI is InChI=1S/C10H13F2N5O/c1-5-2-3-7(18-8(11)12)6(4-5)16-10(15)17-9(13)14/h2-4,8H,1H3,(H6,13,14,15,16,17). The zero-order chi connectivity index (χ0) is 13.7. The number of aliphatic imine (C=N–C) groups is 2. The monoisotopic (exact) mass is 257 g/mol. The molecule has 0 saturated carbocycles. The summed E-state index contributed by atoms with van der Waals surface area (Å²) in [7, 11) is 0. The Morgan fingerprint density at radius 2 is 1.94 bits per heavy atom. The fraction of sp³-hybridized carbons (Fsp3) is 0.200. The third-order valence-electron chi connectivity index (χ3n) is 1.81. The van der Waals surface area contributed by atoms with Crippen LogP contribution in [0.4, 0.5) is 14.5 Å². The third kappa shape index (κ3) is 4.24. The highest BCUT2D eigenvalue weighted by Crippen LogP contribution is 2.29. The molecule has 0 spiro atoms. The lowest BCUT2D eigenvalue weighted by molar-refractivity contribution is -0.0494. The van der Waals surface area contributed by atoms with E-state index in [9.17, 15) is 8.78 Å². The van der Waals surface area contributed by atoms with Gasteiger partial charge in [-0.25, -0.2) is 4.99 Å². The zero-order valence-corrected chi connectivity index (χ0v) is 9.60. The first-order chi connectivity index (χ1) is 8.38. The number of aryl methyl sites for hydroxylation is 1. The highest BCUT2D eigenvalue weighted by Gasteiger charge is 2.09. The number of halogens is 2. The van der Waals surface area contributed by atoms with E-state index in [1.54, 1.807) is 13.0 Å². The van der Waals surface area contributed by atoms with Gasteiger partial charge in [0.15, 0.2) is 11.7 Å². The van der Waals surface area contributed by atoms with Gasteiger partial charge in [-0.1, -0.05) is 6.07 Å². The molecule has 0 aromatic heterocycles. The van der Waals surface area contributed by atoms with Crippen LogP contribution >= 0.6 is 0 Å². The average Bonchev–Trinajstić information content (AvgIpc) is 2.20. The first kappa shape index (κ1) is 13.7. The molecule has 0 aliphatic carbocycles. The van der Waals surface area contributed by atoms with E-state index < -0.39 is 6.61 Å². The number of rotatable bonds is 3. The van der Waals surface area contributed by atoms with E-state index in [2.05, 4.69) is 14.7 Å². The molecule has 0 aliphatic heterocycles. The van der Waals surface area contributed by atoms with Gasteiger partial charge in [-0.2, -0.15) is 13.8 Å². The molecule has 18 heavy (non-hydrogen) atoms. The molecule has 98 valence electrons. The summed E-state index contributed by atoms with van der Waals surface area (Å²) >= 11 is 0. The van der Waals surface area contributed by atoms with Crippen molar-refractivity contribution in [1.29, 1.82) is 0 Å². The van der Waals surface area contributed by atoms with Crippen LogP contribution in [0.2, 0.25) is 0 Å². The van der Waals surface area contributed by atoms with Crippen LogP contribution in [0, 0.1) is 6.92 Å². The van der Waals surface area contributed by atoms with Crippen LogP contribution < -0.4 is 21.9 Å². The number of hydrogen-bond acceptors (Lipinski definition) is 2. The first-order valence-electron chi connectivity index (χ1n) is 4.87. The second kappa shape index (κ2) is 5.80. The van der Waals surface area contributed by atoms with Crippen molar-refractivity contribution < 1.29 is 13.5 Å². The summed E-state index contributed by atoms with van der Waals surface area (Å²) in [4.78, 5) is 7.28. The minimum atomic E-state index is -2.95. The molecule has 6 nitrogen and oxygen atoms in total. The van der Waals surface area contributed by atoms with Gasteiger partial charge in [0.1, 0.15) is 5.69 Å². The molecule has 0 saturated heterocycles. The van der Waals surface area contributed by atoms with E-state index in [1.165, 1.54) is 12.1 Å². The Morgan fingerprint density at radius 3 is 2.50 bits per heavy atom. The molecule has 8 heteroatoms. The SMILES string of the molecule is Cc1ccc(OC(F)F)c(N=C(N)N=C(N)N)c1. The van der Waals surface area contributed by atoms with Crippen LogP contribution in [-0.4, -0.2) is 18.5 Å². The van der Waals surface area contributed by atoms with Gasteiger partial charge >= 0.3 is 6.61 Å². The van der Waals surface area contributed by atoms with Crippen LogP contribution in [0.5, 0.6) is 5.75 Å². The number of nitrogens with zero attached hydrogens (tertiary/aromatic N) is 2. The molecule has 0 unspecified atom stereocenters. The molecule has 0 atom stereocenters. The highest BCUT2D eigenvalue weighted by atomic mass is 19.3. The lowest BCUT2D eigenvalue weighted by atomic mass is 10.2. The quantitative estimate of drug-likeness (QED) is 0.549. The fourth-order valence-electron chi connectivity index (χ4n) is 1.19. The second-order valence-corrected chi connectivity index (χ2v) is 3.36. The number of guanidine groups is 2. The van der Waals surface area contributed by atoms with Crippen molar-refractivity contribution in [3.63, 3.8) is 0 Å². The van der Waals surface area contributed by atoms with Gasteiger partial charge < -0.3 is 21.9 Å². The van der Waals surface area contributed by atoms with Crippen LogP contribution in [0.1, 0.15) is 5.56 Å². The summed E-state index contributed by atoms with van der Waals surface area (Å²) in [5, 5.41) is 0. The van der Waals surface area contributed by atoms with Gasteiger partial charge in [0.2, 0.25) is 5.96 Å². The Morgan fingerprint density at radius 1 is 1.28 bits per heavy atom. The third-order valence-corrected chi connectivity index (χ3v) is 1.81. The van der Waals surface area contributed by atoms with Crippen LogP contribution in [0.25, 0.3) is 0 Å². The minimum Gasteiger partial charge on any atom is -0.433 e. The molecule has 0 bridgehead atoms. The maximum atomic E-state index is 12.2. The molecule has 0 aliphatic rings. The summed E-state index contributed by atoms with van der Waals surface area (Å²) in [6, 6.07) is 4.49. The number of hydrogen-bond donors (Lipinski definition) is 3. The van der Waals surface area contributed by atoms with Gasteiger partial charge in [-0.3, -0.25) is 0 Å². The van der Waals surface area contributed by atoms with Gasteiger partial charge in [0.05, 0.1) is 0 Å². The van der Waals surface area contributed by atoms with Crippen molar-refractivity contribution in [2.24, 2.45) is 27.2 Å². The molecule has 0 fully saturated rings. The average molecular weight is 257 g/mol. The maximum Gasteiger partial charge on any atom is 0.387 e. The Balaban J connectivity index is 3.13. The fourth-order valence-corrected chi connectivity index (χ4v) is 1.19. The van der Waals surface area contributed by atoms with Gasteiger partial charge in [0.25, 0.3) is 0 Å². The van der Waals surface area contributed by atoms with Gasteiger partial charge in [0, 0.05) is 0 Å². The van der Waals surface area contributed by atoms with Crippen molar-refractivity contribution in [2.45, 2.75) is 13.5 Å².